The van der Waals surface area contributed by atoms with Crippen molar-refractivity contribution in [3.63, 3.8) is 0 Å². The average Bonchev–Trinajstić information content (AvgIpc) is 3.82. The zero-order valence-corrected chi connectivity index (χ0v) is 27.3. The molecule has 2 aromatic carbocycles. The van der Waals surface area contributed by atoms with Crippen LogP contribution < -0.4 is 26.0 Å². The van der Waals surface area contributed by atoms with Gasteiger partial charge in [0.15, 0.2) is 0 Å². The summed E-state index contributed by atoms with van der Waals surface area (Å²) in [7, 11) is 3.72. The Morgan fingerprint density at radius 1 is 1.04 bits per heavy atom. The van der Waals surface area contributed by atoms with E-state index in [2.05, 4.69) is 45.3 Å². The summed E-state index contributed by atoms with van der Waals surface area (Å²) in [5.74, 6) is 1.01. The number of aryl methyl sites for hydroxylation is 2. The molecule has 4 aromatic rings. The summed E-state index contributed by atoms with van der Waals surface area (Å²) in [5, 5.41) is 7.97. The van der Waals surface area contributed by atoms with Crippen LogP contribution >= 0.6 is 0 Å². The Morgan fingerprint density at radius 3 is 2.68 bits per heavy atom. The number of amides is 2. The molecular weight excluding hydrogens is 590 g/mol. The number of carbonyl (C=O) groups excluding carboxylic acids is 2. The normalized spacial score (nSPS) is 25.4. The van der Waals surface area contributed by atoms with Gasteiger partial charge in [-0.1, -0.05) is 24.6 Å². The van der Waals surface area contributed by atoms with Crippen LogP contribution in [0.5, 0.6) is 5.75 Å². The number of anilines is 2. The number of fused-ring (bicyclic) bond motifs is 5. The van der Waals surface area contributed by atoms with Crippen LogP contribution in [-0.2, 0) is 13.0 Å². The molecule has 1 unspecified atom stereocenters. The average molecular weight is 634 g/mol. The van der Waals surface area contributed by atoms with Crippen LogP contribution in [0.2, 0.25) is 0 Å². The highest BCUT2D eigenvalue weighted by Gasteiger charge is 2.47. The van der Waals surface area contributed by atoms with E-state index in [1.54, 1.807) is 7.11 Å². The number of hydrogen-bond acceptors (Lipinski definition) is 7. The predicted octanol–water partition coefficient (Wildman–Crippen LogP) is 5.38. The second-order valence-electron chi connectivity index (χ2n) is 13.7. The van der Waals surface area contributed by atoms with Crippen molar-refractivity contribution in [1.29, 1.82) is 0 Å². The van der Waals surface area contributed by atoms with Gasteiger partial charge in [0.1, 0.15) is 23.2 Å². The summed E-state index contributed by atoms with van der Waals surface area (Å²) in [4.78, 5) is 36.4. The van der Waals surface area contributed by atoms with Crippen molar-refractivity contribution in [1.82, 2.24) is 19.8 Å². The number of rotatable bonds is 3. The van der Waals surface area contributed by atoms with Crippen LogP contribution in [0.1, 0.15) is 88.9 Å². The molecule has 3 aliphatic heterocycles. The Labute approximate surface area is 275 Å². The minimum Gasteiger partial charge on any atom is -0.494 e. The van der Waals surface area contributed by atoms with Crippen molar-refractivity contribution in [3.05, 3.63) is 82.7 Å². The second-order valence-corrected chi connectivity index (χ2v) is 13.7. The Morgan fingerprint density at radius 2 is 1.89 bits per heavy atom. The Balaban J connectivity index is 1.13. The van der Waals surface area contributed by atoms with E-state index >= 15 is 0 Å². The largest absolute Gasteiger partial charge is 0.494 e. The number of carbonyl (C=O) groups is 2. The van der Waals surface area contributed by atoms with E-state index in [9.17, 15) is 9.59 Å². The number of nitrogens with zero attached hydrogens (tertiary/aromatic N) is 4. The summed E-state index contributed by atoms with van der Waals surface area (Å²) in [6, 6.07) is 18.0. The number of hydrogen-bond donors (Lipinski definition) is 3. The molecule has 2 fully saturated rings. The molecule has 4 bridgehead atoms. The van der Waals surface area contributed by atoms with Gasteiger partial charge >= 0.3 is 0 Å². The van der Waals surface area contributed by atoms with Gasteiger partial charge in [-0.25, -0.2) is 4.98 Å². The molecule has 0 spiro atoms. The molecule has 10 nitrogen and oxygen atoms in total. The van der Waals surface area contributed by atoms with Gasteiger partial charge in [0.05, 0.1) is 30.2 Å². The predicted molar refractivity (Wildman–Crippen MR) is 183 cm³/mol. The molecule has 1 aliphatic carbocycles. The number of methoxy groups -OCH3 is 1. The van der Waals surface area contributed by atoms with Crippen molar-refractivity contribution in [3.8, 4) is 5.75 Å². The molecule has 4 N–H and O–H groups in total. The zero-order valence-electron chi connectivity index (χ0n) is 27.3. The Hall–Kier alpha value is -4.57. The second kappa shape index (κ2) is 11.6. The molecular formula is C37H43N7O3. The molecule has 5 heterocycles. The van der Waals surface area contributed by atoms with Gasteiger partial charge in [-0.2, -0.15) is 0 Å². The van der Waals surface area contributed by atoms with Crippen molar-refractivity contribution in [2.24, 2.45) is 11.7 Å². The lowest BCUT2D eigenvalue weighted by Gasteiger charge is -2.27. The fraction of sp³-hybridized carbons (Fsp3) is 0.432. The molecule has 4 aliphatic rings. The van der Waals surface area contributed by atoms with Crippen molar-refractivity contribution < 1.29 is 14.3 Å². The van der Waals surface area contributed by atoms with Crippen molar-refractivity contribution in [2.75, 3.05) is 30.9 Å². The van der Waals surface area contributed by atoms with Gasteiger partial charge in [0.2, 0.25) is 0 Å². The first-order valence-electron chi connectivity index (χ1n) is 17.0. The maximum Gasteiger partial charge on any atom is 0.254 e. The lowest BCUT2D eigenvalue weighted by Crippen LogP contribution is -2.41. The molecule has 1 saturated heterocycles. The number of piperidine rings is 1. The molecule has 5 atom stereocenters. The van der Waals surface area contributed by atoms with E-state index in [0.29, 0.717) is 17.2 Å². The van der Waals surface area contributed by atoms with Crippen LogP contribution in [0.15, 0.2) is 54.6 Å². The summed E-state index contributed by atoms with van der Waals surface area (Å²) < 4.78 is 8.23. The highest BCUT2D eigenvalue weighted by Crippen LogP contribution is 2.48. The summed E-state index contributed by atoms with van der Waals surface area (Å²) in [6.45, 7) is 3.53. The highest BCUT2D eigenvalue weighted by molar-refractivity contribution is 5.99. The van der Waals surface area contributed by atoms with Gasteiger partial charge in [-0.3, -0.25) is 9.59 Å². The molecule has 244 valence electrons. The number of pyridine rings is 1. The first-order valence-corrected chi connectivity index (χ1v) is 17.0. The fourth-order valence-electron chi connectivity index (χ4n) is 8.39. The van der Waals surface area contributed by atoms with E-state index < -0.39 is 0 Å². The first kappa shape index (κ1) is 29.8. The fourth-order valence-corrected chi connectivity index (χ4v) is 8.39. The van der Waals surface area contributed by atoms with Gasteiger partial charge in [0.25, 0.3) is 11.8 Å². The topological polar surface area (TPSA) is 118 Å². The number of aromatic nitrogens is 2. The molecule has 1 saturated carbocycles. The third kappa shape index (κ3) is 4.92. The van der Waals surface area contributed by atoms with E-state index in [0.717, 1.165) is 96.5 Å². The molecule has 10 heteroatoms. The zero-order chi connectivity index (χ0) is 32.4. The van der Waals surface area contributed by atoms with Gasteiger partial charge in [-0.05, 0) is 86.9 Å². The van der Waals surface area contributed by atoms with Gasteiger partial charge in [-0.15, -0.1) is 0 Å². The molecule has 47 heavy (non-hydrogen) atoms. The number of likely N-dealkylation sites (tertiary alicyclic amines) is 1. The Kier molecular flexibility index (Phi) is 7.35. The number of ether oxygens (including phenoxy) is 1. The maximum atomic E-state index is 13.8. The van der Waals surface area contributed by atoms with E-state index in [-0.39, 0.29) is 36.1 Å². The summed E-state index contributed by atoms with van der Waals surface area (Å²) in [6.07, 6.45) is 5.75. The summed E-state index contributed by atoms with van der Waals surface area (Å²) >= 11 is 0. The third-order valence-corrected chi connectivity index (χ3v) is 10.9. The standard InChI is InChI=1S/C37H43N7O3/c1-21-27-14-12-23-18-30(43(34(23)40-27)16-8-4-5-9-22-10-6-7-11-26(22)36(45)39-21)35-41-28-17-25(19-31(47-3)33(28)42(35)2)37(46)44-20-24-13-15-29(44)32(24)38/h6-7,10-12,14,17-19,21,24,29,32,35,41H,4-5,8-9,13,15-16,20,38H2,1-3H3,(H,39,45)/t21-,24-,29-,32-,35?/m1/s1. The minimum absolute atomic E-state index is 0.0180. The lowest BCUT2D eigenvalue weighted by atomic mass is 10.00. The van der Waals surface area contributed by atoms with Gasteiger partial charge < -0.3 is 35.5 Å². The van der Waals surface area contributed by atoms with E-state index in [1.807, 2.05) is 48.2 Å². The molecule has 2 aromatic heterocycles. The molecule has 0 radical (unpaired) electrons. The SMILES string of the molecule is COc1cc(C(=O)N2C[C@H]3CC[C@@H]2[C@@H]3N)cc2c1N(C)C(c1cc3ccc4nc3n1CCCCCc1ccccc1C(=O)N[C@@H]4C)N2. The lowest BCUT2D eigenvalue weighted by molar-refractivity contribution is 0.0700. The number of nitrogens with two attached hydrogens (primary N) is 1. The third-order valence-electron chi connectivity index (χ3n) is 10.9. The van der Waals surface area contributed by atoms with Crippen LogP contribution in [0.4, 0.5) is 11.4 Å². The van der Waals surface area contributed by atoms with E-state index in [4.69, 9.17) is 15.5 Å². The Bertz CT molecular complexity index is 1890. The summed E-state index contributed by atoms with van der Waals surface area (Å²) in [5.41, 5.74) is 13.5. The first-order chi connectivity index (χ1) is 22.8. The highest BCUT2D eigenvalue weighted by atomic mass is 16.5. The van der Waals surface area contributed by atoms with E-state index in [1.165, 1.54) is 0 Å². The quantitative estimate of drug-likeness (QED) is 0.277. The van der Waals surface area contributed by atoms with Crippen LogP contribution in [0, 0.1) is 5.92 Å². The van der Waals surface area contributed by atoms with Crippen LogP contribution in [0.3, 0.4) is 0 Å². The molecule has 8 rings (SSSR count). The molecule has 2 amide bonds. The monoisotopic (exact) mass is 633 g/mol. The van der Waals surface area contributed by atoms with Gasteiger partial charge in [0, 0.05) is 48.7 Å². The van der Waals surface area contributed by atoms with Crippen LogP contribution in [0.25, 0.3) is 11.0 Å². The number of benzene rings is 2. The smallest absolute Gasteiger partial charge is 0.254 e. The maximum absolute atomic E-state index is 13.8. The number of nitrogens with one attached hydrogen (secondary N) is 2. The van der Waals surface area contributed by atoms with Crippen molar-refractivity contribution >= 4 is 34.2 Å². The minimum atomic E-state index is -0.258. The van der Waals surface area contributed by atoms with Crippen LogP contribution in [-0.4, -0.2) is 59.1 Å². The van der Waals surface area contributed by atoms with Crippen molar-refractivity contribution in [2.45, 2.75) is 76.3 Å².